The fourth-order valence-electron chi connectivity index (χ4n) is 3.79. The van der Waals surface area contributed by atoms with E-state index in [1.54, 1.807) is 18.2 Å². The number of nitrogens with one attached hydrogen (secondary N) is 2. The topological polar surface area (TPSA) is 87.7 Å². The monoisotopic (exact) mass is 322 g/mol. The van der Waals surface area contributed by atoms with Crippen molar-refractivity contribution < 1.29 is 19.4 Å². The minimum absolute atomic E-state index is 0.0776. The molecule has 5 rings (SSSR count). The van der Waals surface area contributed by atoms with Gasteiger partial charge in [0.2, 0.25) is 0 Å². The lowest BCUT2D eigenvalue weighted by Crippen LogP contribution is -2.42. The second-order valence-corrected chi connectivity index (χ2v) is 6.40. The molecule has 3 aliphatic rings. The van der Waals surface area contributed by atoms with E-state index in [1.165, 1.54) is 6.07 Å². The number of carbonyl (C=O) groups is 2. The number of anilines is 2. The maximum Gasteiger partial charge on any atom is 0.200 e. The number of phenolic OH excluding ortho intramolecular Hbond substituents is 1. The number of aromatic hydroxyl groups is 1. The van der Waals surface area contributed by atoms with Crippen LogP contribution in [0.4, 0.5) is 11.4 Å². The van der Waals surface area contributed by atoms with E-state index in [9.17, 15) is 14.7 Å². The third-order valence-corrected chi connectivity index (χ3v) is 4.95. The highest BCUT2D eigenvalue weighted by atomic mass is 16.5. The van der Waals surface area contributed by atoms with Crippen LogP contribution in [-0.4, -0.2) is 35.5 Å². The van der Waals surface area contributed by atoms with Crippen LogP contribution in [0.25, 0.3) is 0 Å². The molecule has 120 valence electrons. The van der Waals surface area contributed by atoms with Crippen LogP contribution >= 0.6 is 0 Å². The number of hydrogen-bond acceptors (Lipinski definition) is 6. The molecule has 0 amide bonds. The summed E-state index contributed by atoms with van der Waals surface area (Å²) in [5.74, 6) is -0.748. The molecule has 3 N–H and O–H groups in total. The van der Waals surface area contributed by atoms with Crippen LogP contribution in [0.2, 0.25) is 0 Å². The Morgan fingerprint density at radius 2 is 1.83 bits per heavy atom. The van der Waals surface area contributed by atoms with Crippen molar-refractivity contribution in [2.45, 2.75) is 12.1 Å². The average molecular weight is 322 g/mol. The molecule has 1 atom stereocenters. The van der Waals surface area contributed by atoms with Gasteiger partial charge in [0.1, 0.15) is 11.4 Å². The summed E-state index contributed by atoms with van der Waals surface area (Å²) in [6.45, 7) is 1.12. The SMILES string of the molecule is O=C1c2cccc(O)c2C(=O)c2c1ccc1c2NC2(CCOC2)N1. The van der Waals surface area contributed by atoms with Crippen molar-refractivity contribution in [3.8, 4) is 5.75 Å². The van der Waals surface area contributed by atoms with Crippen molar-refractivity contribution in [2.75, 3.05) is 23.8 Å². The maximum atomic E-state index is 13.0. The van der Waals surface area contributed by atoms with Crippen LogP contribution in [-0.2, 0) is 4.74 Å². The second-order valence-electron chi connectivity index (χ2n) is 6.40. The molecule has 2 aromatic carbocycles. The molecule has 2 heterocycles. The predicted octanol–water partition coefficient (Wildman–Crippen LogP) is 2.12. The number of rotatable bonds is 0. The lowest BCUT2D eigenvalue weighted by Gasteiger charge is -2.24. The highest BCUT2D eigenvalue weighted by Crippen LogP contribution is 2.45. The number of phenols is 1. The van der Waals surface area contributed by atoms with Crippen molar-refractivity contribution in [1.29, 1.82) is 0 Å². The van der Waals surface area contributed by atoms with E-state index < -0.39 is 5.66 Å². The zero-order valence-corrected chi connectivity index (χ0v) is 12.7. The summed E-state index contributed by atoms with van der Waals surface area (Å²) in [6.07, 6.45) is 0.764. The summed E-state index contributed by atoms with van der Waals surface area (Å²) in [6, 6.07) is 8.06. The van der Waals surface area contributed by atoms with E-state index >= 15 is 0 Å². The van der Waals surface area contributed by atoms with Crippen LogP contribution in [0.5, 0.6) is 5.75 Å². The molecule has 6 nitrogen and oxygen atoms in total. The Morgan fingerprint density at radius 3 is 2.62 bits per heavy atom. The number of ether oxygens (including phenoxy) is 1. The highest BCUT2D eigenvalue weighted by Gasteiger charge is 2.44. The van der Waals surface area contributed by atoms with E-state index in [1.807, 2.05) is 6.07 Å². The first-order chi connectivity index (χ1) is 11.6. The molecule has 1 fully saturated rings. The fraction of sp³-hybridized carbons (Fsp3) is 0.222. The zero-order valence-electron chi connectivity index (χ0n) is 12.7. The first-order valence-corrected chi connectivity index (χ1v) is 7.82. The molecule has 0 radical (unpaired) electrons. The molecule has 1 aliphatic carbocycles. The molecule has 2 aromatic rings. The van der Waals surface area contributed by atoms with E-state index in [2.05, 4.69) is 10.6 Å². The summed E-state index contributed by atoms with van der Waals surface area (Å²) in [5.41, 5.74) is 1.97. The largest absolute Gasteiger partial charge is 0.507 e. The normalized spacial score (nSPS) is 23.5. The Kier molecular flexibility index (Phi) is 2.46. The number of fused-ring (bicyclic) bond motifs is 4. The van der Waals surface area contributed by atoms with Crippen LogP contribution in [0.3, 0.4) is 0 Å². The van der Waals surface area contributed by atoms with Gasteiger partial charge in [0.25, 0.3) is 0 Å². The molecule has 1 spiro atoms. The average Bonchev–Trinajstić information content (AvgIpc) is 3.17. The van der Waals surface area contributed by atoms with Crippen molar-refractivity contribution in [3.63, 3.8) is 0 Å². The van der Waals surface area contributed by atoms with E-state index in [-0.39, 0.29) is 28.4 Å². The van der Waals surface area contributed by atoms with Gasteiger partial charge in [-0.3, -0.25) is 9.59 Å². The number of carbonyl (C=O) groups excluding carboxylic acids is 2. The molecule has 24 heavy (non-hydrogen) atoms. The van der Waals surface area contributed by atoms with Crippen molar-refractivity contribution in [1.82, 2.24) is 0 Å². The molecule has 0 aromatic heterocycles. The first kappa shape index (κ1) is 13.6. The lowest BCUT2D eigenvalue weighted by molar-refractivity contribution is 0.0977. The van der Waals surface area contributed by atoms with E-state index in [4.69, 9.17) is 4.74 Å². The van der Waals surface area contributed by atoms with Crippen LogP contribution in [0.15, 0.2) is 30.3 Å². The van der Waals surface area contributed by atoms with Gasteiger partial charge >= 0.3 is 0 Å². The standard InChI is InChI=1S/C18H14N2O4/c21-12-3-1-2-9-13(12)17(23)14-10(16(9)22)4-5-11-15(14)20-18(19-11)6-7-24-8-18/h1-5,19-21H,6-8H2. The van der Waals surface area contributed by atoms with Gasteiger partial charge in [0.05, 0.1) is 35.7 Å². The molecule has 0 bridgehead atoms. The lowest BCUT2D eigenvalue weighted by atomic mass is 9.82. The summed E-state index contributed by atoms with van der Waals surface area (Å²) in [7, 11) is 0. The quantitative estimate of drug-likeness (QED) is 0.588. The van der Waals surface area contributed by atoms with Gasteiger partial charge in [-0.2, -0.15) is 0 Å². The van der Waals surface area contributed by atoms with Gasteiger partial charge in [0.15, 0.2) is 11.6 Å². The third-order valence-electron chi connectivity index (χ3n) is 4.95. The Morgan fingerprint density at radius 1 is 1.00 bits per heavy atom. The van der Waals surface area contributed by atoms with Crippen molar-refractivity contribution in [3.05, 3.63) is 52.6 Å². The van der Waals surface area contributed by atoms with E-state index in [0.29, 0.717) is 30.0 Å². The Balaban J connectivity index is 1.72. The van der Waals surface area contributed by atoms with Crippen molar-refractivity contribution >= 4 is 22.9 Å². The van der Waals surface area contributed by atoms with E-state index in [0.717, 1.165) is 12.1 Å². The third kappa shape index (κ3) is 1.58. The number of ketones is 2. The summed E-state index contributed by atoms with van der Waals surface area (Å²) in [5, 5.41) is 16.8. The van der Waals surface area contributed by atoms with Gasteiger partial charge in [-0.25, -0.2) is 0 Å². The fourth-order valence-corrected chi connectivity index (χ4v) is 3.79. The second kappa shape index (κ2) is 4.36. The Bertz CT molecular complexity index is 929. The first-order valence-electron chi connectivity index (χ1n) is 7.82. The Hall–Kier alpha value is -2.86. The maximum absolute atomic E-state index is 13.0. The minimum atomic E-state index is -0.431. The number of hydrogen-bond donors (Lipinski definition) is 3. The van der Waals surface area contributed by atoms with Gasteiger partial charge in [-0.15, -0.1) is 0 Å². The van der Waals surface area contributed by atoms with Crippen LogP contribution in [0.1, 0.15) is 38.3 Å². The molecule has 6 heteroatoms. The molecular formula is C18H14N2O4. The molecular weight excluding hydrogens is 308 g/mol. The molecule has 1 saturated heterocycles. The van der Waals surface area contributed by atoms with Gasteiger partial charge in [0, 0.05) is 17.5 Å². The van der Waals surface area contributed by atoms with Gasteiger partial charge in [-0.1, -0.05) is 12.1 Å². The van der Waals surface area contributed by atoms with Gasteiger partial charge in [-0.05, 0) is 18.2 Å². The summed E-state index contributed by atoms with van der Waals surface area (Å²) < 4.78 is 5.46. The molecule has 0 saturated carbocycles. The zero-order chi connectivity index (χ0) is 16.5. The van der Waals surface area contributed by atoms with Crippen LogP contribution in [0, 0.1) is 0 Å². The molecule has 1 unspecified atom stereocenters. The van der Waals surface area contributed by atoms with Gasteiger partial charge < -0.3 is 20.5 Å². The number of benzene rings is 2. The summed E-state index contributed by atoms with van der Waals surface area (Å²) >= 11 is 0. The predicted molar refractivity (Wildman–Crippen MR) is 86.8 cm³/mol. The smallest absolute Gasteiger partial charge is 0.200 e. The van der Waals surface area contributed by atoms with Crippen LogP contribution < -0.4 is 10.6 Å². The molecule has 2 aliphatic heterocycles. The van der Waals surface area contributed by atoms with Crippen molar-refractivity contribution in [2.24, 2.45) is 0 Å². The summed E-state index contributed by atoms with van der Waals surface area (Å²) in [4.78, 5) is 25.8. The minimum Gasteiger partial charge on any atom is -0.507 e. The highest BCUT2D eigenvalue weighted by molar-refractivity contribution is 6.31. The Labute approximate surface area is 137 Å².